The summed E-state index contributed by atoms with van der Waals surface area (Å²) in [5, 5.41) is 0.446. The molecule has 0 saturated carbocycles. The van der Waals surface area contributed by atoms with Crippen molar-refractivity contribution in [3.8, 4) is 11.3 Å². The number of rotatable bonds is 4. The van der Waals surface area contributed by atoms with Gasteiger partial charge in [-0.3, -0.25) is 4.79 Å². The van der Waals surface area contributed by atoms with E-state index in [0.29, 0.717) is 11.0 Å². The molecule has 2 N–H and O–H groups in total. The Morgan fingerprint density at radius 2 is 2.12 bits per heavy atom. The van der Waals surface area contributed by atoms with Crippen molar-refractivity contribution in [3.05, 3.63) is 34.9 Å². The number of carbonyl (C=O) groups is 1. The molecule has 0 aliphatic carbocycles. The third-order valence-electron chi connectivity index (χ3n) is 1.95. The highest BCUT2D eigenvalue weighted by molar-refractivity contribution is 9.10. The zero-order chi connectivity index (χ0) is 12.3. The lowest BCUT2D eigenvalue weighted by atomic mass is 10.2. The molecule has 4 nitrogen and oxygen atoms in total. The van der Waals surface area contributed by atoms with Crippen molar-refractivity contribution in [1.29, 1.82) is 0 Å². The molecule has 88 valence electrons. The molecule has 2 aromatic rings. The zero-order valence-corrected chi connectivity index (χ0v) is 11.1. The molecule has 0 atom stereocenters. The summed E-state index contributed by atoms with van der Waals surface area (Å²) in [5.74, 6) is 0.447. The number of nitrogens with zero attached hydrogens (tertiary/aromatic N) is 1. The van der Waals surface area contributed by atoms with Gasteiger partial charge in [0.2, 0.25) is 5.91 Å². The van der Waals surface area contributed by atoms with E-state index < -0.39 is 5.91 Å². The number of hydrogen-bond acceptors (Lipinski definition) is 4. The van der Waals surface area contributed by atoms with Crippen LogP contribution in [0.3, 0.4) is 0 Å². The predicted molar refractivity (Wildman–Crippen MR) is 69.6 cm³/mol. The molecular formula is C11H9BrN2O2S. The Bertz CT molecular complexity index is 525. The van der Waals surface area contributed by atoms with Gasteiger partial charge in [-0.2, -0.15) is 0 Å². The first-order chi connectivity index (χ1) is 8.15. The van der Waals surface area contributed by atoms with E-state index in [0.717, 1.165) is 10.0 Å². The van der Waals surface area contributed by atoms with Crippen molar-refractivity contribution in [3.63, 3.8) is 0 Å². The Morgan fingerprint density at radius 3 is 2.76 bits per heavy atom. The molecule has 1 heterocycles. The van der Waals surface area contributed by atoms with Crippen molar-refractivity contribution in [2.24, 2.45) is 5.73 Å². The summed E-state index contributed by atoms with van der Waals surface area (Å²) in [6.07, 6.45) is 1.63. The van der Waals surface area contributed by atoms with Gasteiger partial charge in [-0.1, -0.05) is 39.8 Å². The van der Waals surface area contributed by atoms with Crippen LogP contribution in [0.2, 0.25) is 0 Å². The second-order valence-corrected chi connectivity index (χ2v) is 5.09. The second-order valence-electron chi connectivity index (χ2n) is 3.25. The largest absolute Gasteiger partial charge is 0.431 e. The molecule has 1 amide bonds. The van der Waals surface area contributed by atoms with Crippen LogP contribution >= 0.6 is 27.7 Å². The van der Waals surface area contributed by atoms with Gasteiger partial charge in [0, 0.05) is 10.0 Å². The molecule has 0 aliphatic heterocycles. The summed E-state index contributed by atoms with van der Waals surface area (Å²) < 4.78 is 6.49. The van der Waals surface area contributed by atoms with E-state index in [1.54, 1.807) is 6.20 Å². The van der Waals surface area contributed by atoms with Gasteiger partial charge >= 0.3 is 0 Å². The third-order valence-corrected chi connectivity index (χ3v) is 3.34. The molecule has 2 rings (SSSR count). The summed E-state index contributed by atoms with van der Waals surface area (Å²) in [6, 6.07) is 7.70. The predicted octanol–water partition coefficient (Wildman–Crippen LogP) is 2.68. The lowest BCUT2D eigenvalue weighted by molar-refractivity contribution is -0.115. The SMILES string of the molecule is NC(=O)CSc1ncc(-c2ccc(Br)cc2)o1. The number of hydrogen-bond donors (Lipinski definition) is 1. The van der Waals surface area contributed by atoms with Crippen LogP contribution in [0.5, 0.6) is 0 Å². The maximum atomic E-state index is 10.6. The normalized spacial score (nSPS) is 10.4. The summed E-state index contributed by atoms with van der Waals surface area (Å²) >= 11 is 4.55. The smallest absolute Gasteiger partial charge is 0.256 e. The van der Waals surface area contributed by atoms with E-state index in [2.05, 4.69) is 20.9 Å². The van der Waals surface area contributed by atoms with Crippen LogP contribution in [0.15, 0.2) is 44.6 Å². The first kappa shape index (κ1) is 12.2. The third kappa shape index (κ3) is 3.34. The van der Waals surface area contributed by atoms with Gasteiger partial charge in [0.25, 0.3) is 5.22 Å². The van der Waals surface area contributed by atoms with E-state index >= 15 is 0 Å². The van der Waals surface area contributed by atoms with Gasteiger partial charge in [0.05, 0.1) is 11.9 Å². The lowest BCUT2D eigenvalue weighted by Crippen LogP contribution is -2.12. The number of primary amides is 1. The Balaban J connectivity index is 2.12. The van der Waals surface area contributed by atoms with Crippen molar-refractivity contribution < 1.29 is 9.21 Å². The first-order valence-electron chi connectivity index (χ1n) is 4.78. The summed E-state index contributed by atoms with van der Waals surface area (Å²) in [7, 11) is 0. The standard InChI is InChI=1S/C11H9BrN2O2S/c12-8-3-1-7(2-4-8)9-5-14-11(16-9)17-6-10(13)15/h1-5H,6H2,(H2,13,15). The summed E-state index contributed by atoms with van der Waals surface area (Å²) in [6.45, 7) is 0. The fourth-order valence-corrected chi connectivity index (χ4v) is 2.01. The van der Waals surface area contributed by atoms with Crippen molar-refractivity contribution in [2.45, 2.75) is 5.22 Å². The number of oxazole rings is 1. The number of nitrogens with two attached hydrogens (primary N) is 1. The monoisotopic (exact) mass is 312 g/mol. The molecule has 0 bridgehead atoms. The minimum atomic E-state index is -0.390. The van der Waals surface area contributed by atoms with Gasteiger partial charge in [0.1, 0.15) is 0 Å². The Labute approximate surface area is 111 Å². The number of benzene rings is 1. The Kier molecular flexibility index (Phi) is 3.86. The molecule has 1 aromatic carbocycles. The maximum absolute atomic E-state index is 10.6. The number of carbonyl (C=O) groups excluding carboxylic acids is 1. The van der Waals surface area contributed by atoms with Crippen LogP contribution in [0.1, 0.15) is 0 Å². The highest BCUT2D eigenvalue weighted by Gasteiger charge is 2.07. The summed E-state index contributed by atoms with van der Waals surface area (Å²) in [4.78, 5) is 14.7. The number of aromatic nitrogens is 1. The number of thioether (sulfide) groups is 1. The molecular weight excluding hydrogens is 304 g/mol. The van der Waals surface area contributed by atoms with Crippen LogP contribution in [0, 0.1) is 0 Å². The van der Waals surface area contributed by atoms with Crippen LogP contribution in [0.4, 0.5) is 0 Å². The van der Waals surface area contributed by atoms with E-state index in [9.17, 15) is 4.79 Å². The molecule has 0 unspecified atom stereocenters. The maximum Gasteiger partial charge on any atom is 0.256 e. The Hall–Kier alpha value is -1.27. The quantitative estimate of drug-likeness (QED) is 0.881. The van der Waals surface area contributed by atoms with E-state index in [1.807, 2.05) is 24.3 Å². The van der Waals surface area contributed by atoms with E-state index in [1.165, 1.54) is 11.8 Å². The highest BCUT2D eigenvalue weighted by atomic mass is 79.9. The van der Waals surface area contributed by atoms with E-state index in [4.69, 9.17) is 10.2 Å². The highest BCUT2D eigenvalue weighted by Crippen LogP contribution is 2.26. The van der Waals surface area contributed by atoms with Crippen LogP contribution in [0.25, 0.3) is 11.3 Å². The zero-order valence-electron chi connectivity index (χ0n) is 8.72. The van der Waals surface area contributed by atoms with Crippen molar-refractivity contribution >= 4 is 33.6 Å². The van der Waals surface area contributed by atoms with Gasteiger partial charge in [-0.05, 0) is 12.1 Å². The average molecular weight is 313 g/mol. The van der Waals surface area contributed by atoms with Crippen LogP contribution in [-0.2, 0) is 4.79 Å². The van der Waals surface area contributed by atoms with E-state index in [-0.39, 0.29) is 5.75 Å². The Morgan fingerprint density at radius 1 is 1.41 bits per heavy atom. The minimum absolute atomic E-state index is 0.167. The average Bonchev–Trinajstić information content (AvgIpc) is 2.76. The molecule has 1 aromatic heterocycles. The van der Waals surface area contributed by atoms with Gasteiger partial charge in [-0.15, -0.1) is 0 Å². The molecule has 0 aliphatic rings. The van der Waals surface area contributed by atoms with Crippen LogP contribution in [-0.4, -0.2) is 16.6 Å². The first-order valence-corrected chi connectivity index (χ1v) is 6.56. The van der Waals surface area contributed by atoms with Gasteiger partial charge in [-0.25, -0.2) is 4.98 Å². The molecule has 0 fully saturated rings. The fourth-order valence-electron chi connectivity index (χ4n) is 1.21. The van der Waals surface area contributed by atoms with Crippen LogP contribution < -0.4 is 5.73 Å². The minimum Gasteiger partial charge on any atom is -0.431 e. The summed E-state index contributed by atoms with van der Waals surface area (Å²) in [5.41, 5.74) is 5.98. The molecule has 0 saturated heterocycles. The van der Waals surface area contributed by atoms with Crippen molar-refractivity contribution in [1.82, 2.24) is 4.98 Å². The fraction of sp³-hybridized carbons (Fsp3) is 0.0909. The molecule has 17 heavy (non-hydrogen) atoms. The number of halogens is 1. The molecule has 6 heteroatoms. The van der Waals surface area contributed by atoms with Gasteiger partial charge < -0.3 is 10.2 Å². The van der Waals surface area contributed by atoms with Gasteiger partial charge in [0.15, 0.2) is 5.76 Å². The number of amides is 1. The topological polar surface area (TPSA) is 69.1 Å². The lowest BCUT2D eigenvalue weighted by Gasteiger charge is -1.96. The van der Waals surface area contributed by atoms with Crippen molar-refractivity contribution in [2.75, 3.05) is 5.75 Å². The molecule has 0 spiro atoms. The second kappa shape index (κ2) is 5.37. The molecule has 0 radical (unpaired) electrons.